The molecule has 3 aromatic rings. The smallest absolute Gasteiger partial charge is 0.318 e. The van der Waals surface area contributed by atoms with Crippen molar-refractivity contribution in [1.82, 2.24) is 20.1 Å². The van der Waals surface area contributed by atoms with Crippen molar-refractivity contribution in [3.63, 3.8) is 0 Å². The van der Waals surface area contributed by atoms with Crippen LogP contribution in [0.2, 0.25) is 0 Å². The highest BCUT2D eigenvalue weighted by Gasteiger charge is 2.25. The maximum absolute atomic E-state index is 12.7. The van der Waals surface area contributed by atoms with E-state index in [0.717, 1.165) is 30.7 Å². The van der Waals surface area contributed by atoms with Crippen molar-refractivity contribution in [2.24, 2.45) is 0 Å². The molecule has 7 nitrogen and oxygen atoms in total. The van der Waals surface area contributed by atoms with Crippen LogP contribution in [0.25, 0.3) is 10.9 Å². The van der Waals surface area contributed by atoms with Gasteiger partial charge in [0.1, 0.15) is 0 Å². The molecule has 2 aliphatic heterocycles. The van der Waals surface area contributed by atoms with E-state index in [2.05, 4.69) is 39.5 Å². The summed E-state index contributed by atoms with van der Waals surface area (Å²) in [4.78, 5) is 34.6. The van der Waals surface area contributed by atoms with E-state index in [4.69, 9.17) is 0 Å². The third-order valence-corrected chi connectivity index (χ3v) is 6.31. The molecule has 3 heterocycles. The maximum Gasteiger partial charge on any atom is 0.318 e. The van der Waals surface area contributed by atoms with Gasteiger partial charge in [0.15, 0.2) is 0 Å². The molecule has 1 fully saturated rings. The Labute approximate surface area is 181 Å². The van der Waals surface area contributed by atoms with Gasteiger partial charge in [0.25, 0.3) is 0 Å². The summed E-state index contributed by atoms with van der Waals surface area (Å²) in [5.41, 5.74) is 4.68. The van der Waals surface area contributed by atoms with Crippen molar-refractivity contribution in [1.29, 1.82) is 0 Å². The van der Waals surface area contributed by atoms with Crippen LogP contribution in [0.3, 0.4) is 0 Å². The van der Waals surface area contributed by atoms with Crippen LogP contribution in [0.5, 0.6) is 0 Å². The zero-order chi connectivity index (χ0) is 21.2. The lowest BCUT2D eigenvalue weighted by Crippen LogP contribution is -2.52. The molecule has 31 heavy (non-hydrogen) atoms. The van der Waals surface area contributed by atoms with Crippen molar-refractivity contribution in [2.45, 2.75) is 13.0 Å². The van der Waals surface area contributed by atoms with Crippen molar-refractivity contribution in [3.8, 4) is 0 Å². The molecule has 1 saturated heterocycles. The van der Waals surface area contributed by atoms with Crippen molar-refractivity contribution >= 4 is 28.5 Å². The molecule has 1 aromatic heterocycles. The molecule has 0 bridgehead atoms. The molecule has 0 unspecified atom stereocenters. The fourth-order valence-corrected chi connectivity index (χ4v) is 4.59. The van der Waals surface area contributed by atoms with E-state index in [1.54, 1.807) is 4.90 Å². The van der Waals surface area contributed by atoms with Gasteiger partial charge in [0.2, 0.25) is 5.91 Å². The molecule has 2 aliphatic rings. The van der Waals surface area contributed by atoms with E-state index in [9.17, 15) is 9.59 Å². The number of nitrogens with zero attached hydrogens (tertiary/aromatic N) is 3. The molecule has 7 heteroatoms. The van der Waals surface area contributed by atoms with Crippen LogP contribution >= 0.6 is 0 Å². The zero-order valence-corrected chi connectivity index (χ0v) is 17.5. The lowest BCUT2D eigenvalue weighted by atomic mass is 10.0. The average molecular weight is 418 g/mol. The molecule has 0 radical (unpaired) electrons. The quantitative estimate of drug-likeness (QED) is 0.688. The van der Waals surface area contributed by atoms with Gasteiger partial charge >= 0.3 is 6.03 Å². The Hall–Kier alpha value is -3.48. The number of hydrogen-bond donors (Lipinski definition) is 2. The van der Waals surface area contributed by atoms with Gasteiger partial charge in [-0.15, -0.1) is 0 Å². The van der Waals surface area contributed by atoms with Crippen LogP contribution in [0.15, 0.2) is 54.6 Å². The number of piperazine rings is 1. The number of nitrogens with one attached hydrogen (secondary N) is 2. The van der Waals surface area contributed by atoms with E-state index >= 15 is 0 Å². The second-order valence-corrected chi connectivity index (χ2v) is 8.16. The average Bonchev–Trinajstić information content (AvgIpc) is 3.21. The number of amides is 3. The normalized spacial score (nSPS) is 16.3. The molecule has 3 amide bonds. The highest BCUT2D eigenvalue weighted by molar-refractivity contribution is 5.86. The van der Waals surface area contributed by atoms with Gasteiger partial charge in [0.05, 0.1) is 13.1 Å². The highest BCUT2D eigenvalue weighted by atomic mass is 16.2. The van der Waals surface area contributed by atoms with Crippen LogP contribution in [-0.4, -0.2) is 66.0 Å². The summed E-state index contributed by atoms with van der Waals surface area (Å²) < 4.78 is 0. The number of urea groups is 1. The third kappa shape index (κ3) is 3.95. The number of carbonyl (C=O) groups excluding carboxylic acids is 2. The molecule has 0 saturated carbocycles. The van der Waals surface area contributed by atoms with Crippen molar-refractivity contribution < 1.29 is 9.59 Å². The molecule has 2 N–H and O–H groups in total. The Morgan fingerprint density at radius 1 is 0.871 bits per heavy atom. The number of rotatable bonds is 3. The van der Waals surface area contributed by atoms with E-state index in [1.807, 2.05) is 35.2 Å². The summed E-state index contributed by atoms with van der Waals surface area (Å²) in [6.45, 7) is 4.19. The second-order valence-electron chi connectivity index (χ2n) is 8.16. The summed E-state index contributed by atoms with van der Waals surface area (Å²) in [5.74, 6) is -0.0237. The Morgan fingerprint density at radius 2 is 1.61 bits per heavy atom. The van der Waals surface area contributed by atoms with Crippen LogP contribution in [-0.2, 0) is 17.8 Å². The van der Waals surface area contributed by atoms with Crippen LogP contribution in [0.4, 0.5) is 10.5 Å². The minimum absolute atomic E-state index is 0.0237. The second kappa shape index (κ2) is 8.34. The fraction of sp³-hybridized carbons (Fsp3) is 0.333. The lowest BCUT2D eigenvalue weighted by molar-refractivity contribution is -0.130. The monoisotopic (exact) mass is 417 g/mol. The Kier molecular flexibility index (Phi) is 5.24. The molecule has 2 aromatic carbocycles. The lowest BCUT2D eigenvalue weighted by Gasteiger charge is -2.36. The third-order valence-electron chi connectivity index (χ3n) is 6.31. The van der Waals surface area contributed by atoms with Crippen molar-refractivity contribution in [2.75, 3.05) is 44.2 Å². The van der Waals surface area contributed by atoms with Gasteiger partial charge in [0, 0.05) is 55.0 Å². The number of aromatic amines is 1. The molecule has 0 atom stereocenters. The van der Waals surface area contributed by atoms with Crippen LogP contribution in [0.1, 0.15) is 11.3 Å². The van der Waals surface area contributed by atoms with Crippen LogP contribution in [0, 0.1) is 0 Å². The number of carbonyl (C=O) groups is 2. The summed E-state index contributed by atoms with van der Waals surface area (Å²) in [7, 11) is 0. The predicted octanol–water partition coefficient (Wildman–Crippen LogP) is 2.58. The number of fused-ring (bicyclic) bond motifs is 3. The predicted molar refractivity (Wildman–Crippen MR) is 121 cm³/mol. The van der Waals surface area contributed by atoms with Crippen molar-refractivity contribution in [3.05, 3.63) is 65.9 Å². The number of para-hydroxylation sites is 2. The Bertz CT molecular complexity index is 1090. The van der Waals surface area contributed by atoms with Gasteiger partial charge in [-0.25, -0.2) is 4.79 Å². The first-order valence-electron chi connectivity index (χ1n) is 10.9. The highest BCUT2D eigenvalue weighted by Crippen LogP contribution is 2.27. The first-order chi connectivity index (χ1) is 15.2. The van der Waals surface area contributed by atoms with Gasteiger partial charge in [-0.3, -0.25) is 4.79 Å². The molecular formula is C24H27N5O2. The van der Waals surface area contributed by atoms with E-state index in [-0.39, 0.29) is 18.5 Å². The van der Waals surface area contributed by atoms with E-state index < -0.39 is 0 Å². The summed E-state index contributed by atoms with van der Waals surface area (Å²) in [6, 6.07) is 18.3. The van der Waals surface area contributed by atoms with Gasteiger partial charge in [-0.05, 0) is 30.2 Å². The maximum atomic E-state index is 12.7. The molecule has 160 valence electrons. The molecular weight excluding hydrogens is 390 g/mol. The standard InChI is InChI=1S/C24H27N5O2/c30-23(28-14-12-27(13-15-28)18-6-2-1-3-7-18)16-25-24(31)29-11-10-20-19-8-4-5-9-21(19)26-22(20)17-29/h1-9,26H,10-17H2,(H,25,31). The van der Waals surface area contributed by atoms with Gasteiger partial charge < -0.3 is 25.0 Å². The SMILES string of the molecule is O=C(CNC(=O)N1CCc2c([nH]c3ccccc23)C1)N1CCN(c2ccccc2)CC1. The minimum Gasteiger partial charge on any atom is -0.368 e. The topological polar surface area (TPSA) is 71.7 Å². The Balaban J connectivity index is 1.12. The fourth-order valence-electron chi connectivity index (χ4n) is 4.59. The first kappa shape index (κ1) is 19.5. The Morgan fingerprint density at radius 3 is 2.42 bits per heavy atom. The van der Waals surface area contributed by atoms with Crippen LogP contribution < -0.4 is 10.2 Å². The summed E-state index contributed by atoms with van der Waals surface area (Å²) in [6.07, 6.45) is 0.822. The number of H-pyrrole nitrogens is 1. The molecule has 0 aliphatic carbocycles. The summed E-state index contributed by atoms with van der Waals surface area (Å²) >= 11 is 0. The number of aromatic nitrogens is 1. The summed E-state index contributed by atoms with van der Waals surface area (Å²) in [5, 5.41) is 4.06. The minimum atomic E-state index is -0.180. The first-order valence-corrected chi connectivity index (χ1v) is 10.9. The van der Waals surface area contributed by atoms with E-state index in [1.165, 1.54) is 16.6 Å². The van der Waals surface area contributed by atoms with Gasteiger partial charge in [-0.1, -0.05) is 36.4 Å². The zero-order valence-electron chi connectivity index (χ0n) is 17.5. The molecule has 5 rings (SSSR count). The number of hydrogen-bond acceptors (Lipinski definition) is 3. The van der Waals surface area contributed by atoms with Gasteiger partial charge in [-0.2, -0.15) is 0 Å². The number of benzene rings is 2. The largest absolute Gasteiger partial charge is 0.368 e. The molecule has 0 spiro atoms. The van der Waals surface area contributed by atoms with E-state index in [0.29, 0.717) is 26.2 Å². The number of anilines is 1.